The summed E-state index contributed by atoms with van der Waals surface area (Å²) < 4.78 is 7.81. The topological polar surface area (TPSA) is 95.1 Å². The zero-order valence-corrected chi connectivity index (χ0v) is 15.8. The smallest absolute Gasteiger partial charge is 0.273 e. The molecule has 0 radical (unpaired) electrons. The third kappa shape index (κ3) is 3.84. The van der Waals surface area contributed by atoms with Crippen LogP contribution in [-0.4, -0.2) is 39.6 Å². The first-order valence-electron chi connectivity index (χ1n) is 9.76. The molecule has 3 aromatic rings. The van der Waals surface area contributed by atoms with E-state index in [1.165, 1.54) is 0 Å². The number of rotatable bonds is 6. The fourth-order valence-corrected chi connectivity index (χ4v) is 3.88. The summed E-state index contributed by atoms with van der Waals surface area (Å²) >= 11 is 0. The summed E-state index contributed by atoms with van der Waals surface area (Å²) in [7, 11) is 0. The third-order valence-corrected chi connectivity index (χ3v) is 5.26. The fraction of sp³-hybridized carbons (Fsp3) is 0.381. The molecular weight excluding hydrogens is 354 g/mol. The van der Waals surface area contributed by atoms with Crippen LogP contribution in [0.5, 0.6) is 5.75 Å². The van der Waals surface area contributed by atoms with Crippen LogP contribution in [0.2, 0.25) is 0 Å². The Kier molecular flexibility index (Phi) is 5.53. The van der Waals surface area contributed by atoms with E-state index in [9.17, 15) is 4.79 Å². The molecule has 7 heteroatoms. The van der Waals surface area contributed by atoms with E-state index in [1.807, 2.05) is 12.3 Å². The van der Waals surface area contributed by atoms with Gasteiger partial charge < -0.3 is 20.4 Å². The maximum atomic E-state index is 12.7. The lowest BCUT2D eigenvalue weighted by atomic mass is 9.91. The van der Waals surface area contributed by atoms with Gasteiger partial charge >= 0.3 is 0 Å². The quantitative estimate of drug-likeness (QED) is 0.687. The van der Waals surface area contributed by atoms with E-state index >= 15 is 0 Å². The van der Waals surface area contributed by atoms with Crippen molar-refractivity contribution in [2.24, 2.45) is 5.73 Å². The zero-order valence-electron chi connectivity index (χ0n) is 15.8. The SMILES string of the molecule is NCCOc1cccnc1C(=O)NC1CCC(n2ccc3cccnc32)CC1. The molecule has 7 nitrogen and oxygen atoms in total. The number of nitrogens with one attached hydrogen (secondary N) is 1. The molecule has 146 valence electrons. The fourth-order valence-electron chi connectivity index (χ4n) is 3.88. The summed E-state index contributed by atoms with van der Waals surface area (Å²) in [5.41, 5.74) is 6.84. The van der Waals surface area contributed by atoms with E-state index in [0.29, 0.717) is 30.6 Å². The van der Waals surface area contributed by atoms with Crippen molar-refractivity contribution in [3.05, 3.63) is 54.6 Å². The Balaban J connectivity index is 1.38. The first kappa shape index (κ1) is 18.4. The normalized spacial score (nSPS) is 19.5. The average molecular weight is 379 g/mol. The van der Waals surface area contributed by atoms with E-state index in [4.69, 9.17) is 10.5 Å². The van der Waals surface area contributed by atoms with Gasteiger partial charge in [-0.15, -0.1) is 0 Å². The summed E-state index contributed by atoms with van der Waals surface area (Å²) in [4.78, 5) is 21.4. The largest absolute Gasteiger partial charge is 0.490 e. The summed E-state index contributed by atoms with van der Waals surface area (Å²) in [6, 6.07) is 10.2. The molecule has 0 aromatic carbocycles. The van der Waals surface area contributed by atoms with Gasteiger partial charge in [0.1, 0.15) is 12.3 Å². The average Bonchev–Trinajstić information content (AvgIpc) is 3.17. The number of amides is 1. The molecule has 0 spiro atoms. The van der Waals surface area contributed by atoms with E-state index in [0.717, 1.165) is 36.7 Å². The third-order valence-electron chi connectivity index (χ3n) is 5.26. The predicted molar refractivity (Wildman–Crippen MR) is 107 cm³/mol. The highest BCUT2D eigenvalue weighted by Gasteiger charge is 2.26. The number of carbonyl (C=O) groups excluding carboxylic acids is 1. The number of hydrogen-bond acceptors (Lipinski definition) is 5. The summed E-state index contributed by atoms with van der Waals surface area (Å²) in [5, 5.41) is 4.28. The molecule has 0 saturated heterocycles. The van der Waals surface area contributed by atoms with Crippen molar-refractivity contribution in [3.8, 4) is 5.75 Å². The monoisotopic (exact) mass is 379 g/mol. The second-order valence-electron chi connectivity index (χ2n) is 7.11. The number of ether oxygens (including phenoxy) is 1. The lowest BCUT2D eigenvalue weighted by molar-refractivity contribution is 0.0913. The van der Waals surface area contributed by atoms with Crippen molar-refractivity contribution < 1.29 is 9.53 Å². The van der Waals surface area contributed by atoms with Crippen LogP contribution in [0.1, 0.15) is 42.2 Å². The van der Waals surface area contributed by atoms with Gasteiger partial charge in [-0.25, -0.2) is 9.97 Å². The van der Waals surface area contributed by atoms with Crippen LogP contribution < -0.4 is 15.8 Å². The highest BCUT2D eigenvalue weighted by molar-refractivity contribution is 5.95. The molecule has 4 rings (SSSR count). The van der Waals surface area contributed by atoms with Gasteiger partial charge in [0, 0.05) is 42.6 Å². The Morgan fingerprint density at radius 1 is 1.14 bits per heavy atom. The highest BCUT2D eigenvalue weighted by atomic mass is 16.5. The Hall–Kier alpha value is -2.93. The van der Waals surface area contributed by atoms with Crippen LogP contribution in [0.3, 0.4) is 0 Å². The van der Waals surface area contributed by atoms with Gasteiger partial charge in [-0.05, 0) is 56.0 Å². The van der Waals surface area contributed by atoms with E-state index in [1.54, 1.807) is 18.3 Å². The van der Waals surface area contributed by atoms with Gasteiger partial charge in [0.15, 0.2) is 11.4 Å². The minimum absolute atomic E-state index is 0.142. The minimum atomic E-state index is -0.191. The first-order chi connectivity index (χ1) is 13.8. The number of aromatic nitrogens is 3. The molecule has 3 N–H and O–H groups in total. The van der Waals surface area contributed by atoms with Crippen LogP contribution in [0.25, 0.3) is 11.0 Å². The predicted octanol–water partition coefficient (Wildman–Crippen LogP) is 2.68. The lowest BCUT2D eigenvalue weighted by Crippen LogP contribution is -2.38. The van der Waals surface area contributed by atoms with Gasteiger partial charge in [-0.3, -0.25) is 4.79 Å². The maximum absolute atomic E-state index is 12.7. The van der Waals surface area contributed by atoms with Gasteiger partial charge in [0.2, 0.25) is 0 Å². The highest BCUT2D eigenvalue weighted by Crippen LogP contribution is 2.31. The number of nitrogens with zero attached hydrogens (tertiary/aromatic N) is 3. The van der Waals surface area contributed by atoms with Crippen molar-refractivity contribution in [2.75, 3.05) is 13.2 Å². The van der Waals surface area contributed by atoms with E-state index in [2.05, 4.69) is 38.2 Å². The van der Waals surface area contributed by atoms with Gasteiger partial charge in [-0.2, -0.15) is 0 Å². The molecule has 0 atom stereocenters. The minimum Gasteiger partial charge on any atom is -0.490 e. The van der Waals surface area contributed by atoms with Crippen LogP contribution in [0.4, 0.5) is 0 Å². The standard InChI is InChI=1S/C21H25N5O2/c22-10-14-28-18-4-2-11-23-19(18)21(27)25-16-5-7-17(8-6-16)26-13-9-15-3-1-12-24-20(15)26/h1-4,9,11-13,16-17H,5-8,10,14,22H2,(H,25,27). The number of fused-ring (bicyclic) bond motifs is 1. The first-order valence-corrected chi connectivity index (χ1v) is 9.76. The second-order valence-corrected chi connectivity index (χ2v) is 7.11. The lowest BCUT2D eigenvalue weighted by Gasteiger charge is -2.30. The van der Waals surface area contributed by atoms with Crippen LogP contribution in [0, 0.1) is 0 Å². The maximum Gasteiger partial charge on any atom is 0.273 e. The van der Waals surface area contributed by atoms with Crippen molar-refractivity contribution in [1.29, 1.82) is 0 Å². The molecule has 0 unspecified atom stereocenters. The summed E-state index contributed by atoms with van der Waals surface area (Å²) in [6.07, 6.45) is 9.42. The van der Waals surface area contributed by atoms with Gasteiger partial charge in [0.05, 0.1) is 0 Å². The molecule has 1 fully saturated rings. The molecule has 0 aliphatic heterocycles. The number of hydrogen-bond donors (Lipinski definition) is 2. The molecule has 28 heavy (non-hydrogen) atoms. The Morgan fingerprint density at radius 2 is 1.93 bits per heavy atom. The van der Waals surface area contributed by atoms with Gasteiger partial charge in [-0.1, -0.05) is 0 Å². The number of nitrogens with two attached hydrogens (primary N) is 1. The zero-order chi connectivity index (χ0) is 19.3. The molecule has 1 aliphatic carbocycles. The molecule has 1 amide bonds. The van der Waals surface area contributed by atoms with Crippen molar-refractivity contribution in [2.45, 2.75) is 37.8 Å². The molecule has 1 saturated carbocycles. The van der Waals surface area contributed by atoms with Crippen LogP contribution >= 0.6 is 0 Å². The van der Waals surface area contributed by atoms with Crippen LogP contribution in [0.15, 0.2) is 48.9 Å². The van der Waals surface area contributed by atoms with Crippen molar-refractivity contribution in [1.82, 2.24) is 19.9 Å². The van der Waals surface area contributed by atoms with Crippen molar-refractivity contribution in [3.63, 3.8) is 0 Å². The summed E-state index contributed by atoms with van der Waals surface area (Å²) in [6.45, 7) is 0.749. The Morgan fingerprint density at radius 3 is 2.75 bits per heavy atom. The molecule has 3 heterocycles. The number of pyridine rings is 2. The van der Waals surface area contributed by atoms with E-state index < -0.39 is 0 Å². The van der Waals surface area contributed by atoms with E-state index in [-0.39, 0.29) is 11.9 Å². The van der Waals surface area contributed by atoms with Crippen LogP contribution in [-0.2, 0) is 0 Å². The number of carbonyl (C=O) groups is 1. The summed E-state index contributed by atoms with van der Waals surface area (Å²) in [5.74, 6) is 0.285. The Bertz CT molecular complexity index is 947. The van der Waals surface area contributed by atoms with Crippen molar-refractivity contribution >= 4 is 16.9 Å². The van der Waals surface area contributed by atoms with Gasteiger partial charge in [0.25, 0.3) is 5.91 Å². The molecular formula is C21H25N5O2. The molecule has 3 aromatic heterocycles. The Labute approximate surface area is 163 Å². The second kappa shape index (κ2) is 8.39. The molecule has 1 aliphatic rings. The molecule has 0 bridgehead atoms.